The van der Waals surface area contributed by atoms with Crippen molar-refractivity contribution < 1.29 is 4.74 Å². The van der Waals surface area contributed by atoms with Gasteiger partial charge in [-0.25, -0.2) is 4.98 Å². The number of hydrogen-bond donors (Lipinski definition) is 1. The summed E-state index contributed by atoms with van der Waals surface area (Å²) in [6, 6.07) is 4.30. The Bertz CT molecular complexity index is 333. The molecule has 4 heteroatoms. The molecule has 0 saturated carbocycles. The molecule has 0 fully saturated rings. The second-order valence-electron chi connectivity index (χ2n) is 4.23. The minimum absolute atomic E-state index is 0.419. The predicted molar refractivity (Wildman–Crippen MR) is 80.7 cm³/mol. The zero-order valence-electron chi connectivity index (χ0n) is 11.6. The van der Waals surface area contributed by atoms with Gasteiger partial charge in [-0.15, -0.1) is 0 Å². The lowest BCUT2D eigenvalue weighted by Crippen LogP contribution is -2.17. The molecule has 1 N–H and O–H groups in total. The lowest BCUT2D eigenvalue weighted by Gasteiger charge is -2.16. The summed E-state index contributed by atoms with van der Waals surface area (Å²) in [5, 5.41) is 3.43. The molecule has 1 rings (SSSR count). The van der Waals surface area contributed by atoms with Crippen LogP contribution in [0.4, 0.5) is 5.82 Å². The highest BCUT2D eigenvalue weighted by molar-refractivity contribution is 7.99. The monoisotopic (exact) mass is 268 g/mol. The summed E-state index contributed by atoms with van der Waals surface area (Å²) in [6.45, 7) is 7.22. The molecule has 0 aromatic carbocycles. The van der Waals surface area contributed by atoms with Crippen molar-refractivity contribution in [3.63, 3.8) is 0 Å². The molecule has 1 atom stereocenters. The fourth-order valence-electron chi connectivity index (χ4n) is 1.54. The highest BCUT2D eigenvalue weighted by Gasteiger charge is 2.08. The maximum absolute atomic E-state index is 5.68. The minimum atomic E-state index is 0.419. The third kappa shape index (κ3) is 5.63. The third-order valence-electron chi connectivity index (χ3n) is 2.51. The van der Waals surface area contributed by atoms with E-state index in [4.69, 9.17) is 4.74 Å². The molecule has 102 valence electrons. The van der Waals surface area contributed by atoms with E-state index in [0.717, 1.165) is 31.0 Å². The number of rotatable bonds is 9. The number of nitrogens with zero attached hydrogens (tertiary/aromatic N) is 1. The first-order valence-corrected chi connectivity index (χ1v) is 7.85. The molecule has 0 bridgehead atoms. The number of ether oxygens (including phenoxy) is 1. The summed E-state index contributed by atoms with van der Waals surface area (Å²) in [5.74, 6) is 4.08. The van der Waals surface area contributed by atoms with Crippen molar-refractivity contribution in [2.24, 2.45) is 0 Å². The van der Waals surface area contributed by atoms with Crippen LogP contribution in [0.2, 0.25) is 0 Å². The van der Waals surface area contributed by atoms with Crippen molar-refractivity contribution in [1.29, 1.82) is 0 Å². The first kappa shape index (κ1) is 15.2. The Kier molecular flexibility index (Phi) is 7.65. The van der Waals surface area contributed by atoms with E-state index in [1.807, 2.05) is 23.9 Å². The van der Waals surface area contributed by atoms with Gasteiger partial charge in [0.2, 0.25) is 0 Å². The molecule has 0 amide bonds. The molecule has 18 heavy (non-hydrogen) atoms. The normalized spacial score (nSPS) is 12.2. The van der Waals surface area contributed by atoms with Gasteiger partial charge in [0.15, 0.2) is 11.6 Å². The van der Waals surface area contributed by atoms with Crippen molar-refractivity contribution >= 4 is 17.6 Å². The third-order valence-corrected chi connectivity index (χ3v) is 3.45. The van der Waals surface area contributed by atoms with E-state index in [1.165, 1.54) is 11.5 Å². The number of thioether (sulfide) groups is 1. The number of anilines is 1. The summed E-state index contributed by atoms with van der Waals surface area (Å²) in [7, 11) is 0. The SMILES string of the molecule is CCCOc1cccnc1NC(C)CCSCC. The van der Waals surface area contributed by atoms with Crippen LogP contribution in [-0.4, -0.2) is 29.1 Å². The average molecular weight is 268 g/mol. The molecule has 1 heterocycles. The van der Waals surface area contributed by atoms with Crippen LogP contribution >= 0.6 is 11.8 Å². The molecule has 3 nitrogen and oxygen atoms in total. The Morgan fingerprint density at radius 1 is 1.44 bits per heavy atom. The topological polar surface area (TPSA) is 34.1 Å². The Morgan fingerprint density at radius 2 is 2.28 bits per heavy atom. The molecular weight excluding hydrogens is 244 g/mol. The van der Waals surface area contributed by atoms with Crippen molar-refractivity contribution in [2.75, 3.05) is 23.4 Å². The second kappa shape index (κ2) is 9.09. The number of pyridine rings is 1. The van der Waals surface area contributed by atoms with Gasteiger partial charge >= 0.3 is 0 Å². The van der Waals surface area contributed by atoms with Gasteiger partial charge < -0.3 is 10.1 Å². The zero-order chi connectivity index (χ0) is 13.2. The maximum Gasteiger partial charge on any atom is 0.168 e. The smallest absolute Gasteiger partial charge is 0.168 e. The molecule has 0 aliphatic heterocycles. The Morgan fingerprint density at radius 3 is 3.00 bits per heavy atom. The lowest BCUT2D eigenvalue weighted by atomic mass is 10.2. The van der Waals surface area contributed by atoms with Crippen LogP contribution in [0, 0.1) is 0 Å². The number of nitrogens with one attached hydrogen (secondary N) is 1. The highest BCUT2D eigenvalue weighted by Crippen LogP contribution is 2.22. The first-order chi connectivity index (χ1) is 8.77. The molecule has 0 radical (unpaired) electrons. The molecule has 0 aliphatic rings. The highest BCUT2D eigenvalue weighted by atomic mass is 32.2. The quantitative estimate of drug-likeness (QED) is 0.691. The van der Waals surface area contributed by atoms with Gasteiger partial charge in [0.25, 0.3) is 0 Å². The standard InChI is InChI=1S/C14H24N2OS/c1-4-10-17-13-7-6-9-15-14(13)16-12(3)8-11-18-5-2/h6-7,9,12H,4-5,8,10-11H2,1-3H3,(H,15,16). The van der Waals surface area contributed by atoms with Crippen LogP contribution in [0.3, 0.4) is 0 Å². The van der Waals surface area contributed by atoms with E-state index in [1.54, 1.807) is 6.20 Å². The van der Waals surface area contributed by atoms with Gasteiger partial charge in [-0.05, 0) is 43.4 Å². The van der Waals surface area contributed by atoms with Crippen LogP contribution in [0.15, 0.2) is 18.3 Å². The van der Waals surface area contributed by atoms with Crippen LogP contribution in [0.1, 0.15) is 33.6 Å². The van der Waals surface area contributed by atoms with Crippen LogP contribution in [-0.2, 0) is 0 Å². The van der Waals surface area contributed by atoms with Crippen LogP contribution in [0.25, 0.3) is 0 Å². The zero-order valence-corrected chi connectivity index (χ0v) is 12.4. The van der Waals surface area contributed by atoms with E-state index >= 15 is 0 Å². The van der Waals surface area contributed by atoms with E-state index in [-0.39, 0.29) is 0 Å². The Hall–Kier alpha value is -0.900. The summed E-state index contributed by atoms with van der Waals surface area (Å²) in [5.41, 5.74) is 0. The maximum atomic E-state index is 5.68. The van der Waals surface area contributed by atoms with Gasteiger partial charge in [0.05, 0.1) is 6.61 Å². The summed E-state index contributed by atoms with van der Waals surface area (Å²) in [4.78, 5) is 4.36. The fraction of sp³-hybridized carbons (Fsp3) is 0.643. The van der Waals surface area contributed by atoms with Gasteiger partial charge in [0.1, 0.15) is 0 Å². The molecule has 0 saturated heterocycles. The van der Waals surface area contributed by atoms with Gasteiger partial charge in [-0.2, -0.15) is 11.8 Å². The molecule has 1 aromatic heterocycles. The number of hydrogen-bond acceptors (Lipinski definition) is 4. The molecule has 0 spiro atoms. The minimum Gasteiger partial charge on any atom is -0.490 e. The lowest BCUT2D eigenvalue weighted by molar-refractivity contribution is 0.317. The van der Waals surface area contributed by atoms with Crippen molar-refractivity contribution in [3.8, 4) is 5.75 Å². The Labute approximate surface area is 115 Å². The van der Waals surface area contributed by atoms with Gasteiger partial charge in [0, 0.05) is 12.2 Å². The van der Waals surface area contributed by atoms with E-state index < -0.39 is 0 Å². The van der Waals surface area contributed by atoms with E-state index in [9.17, 15) is 0 Å². The van der Waals surface area contributed by atoms with Crippen molar-refractivity contribution in [2.45, 2.75) is 39.7 Å². The van der Waals surface area contributed by atoms with Gasteiger partial charge in [-0.1, -0.05) is 13.8 Å². The first-order valence-electron chi connectivity index (χ1n) is 6.70. The van der Waals surface area contributed by atoms with E-state index in [0.29, 0.717) is 6.04 Å². The Balaban J connectivity index is 2.49. The summed E-state index contributed by atoms with van der Waals surface area (Å²) in [6.07, 6.45) is 3.95. The number of aromatic nitrogens is 1. The average Bonchev–Trinajstić information content (AvgIpc) is 2.38. The second-order valence-corrected chi connectivity index (χ2v) is 5.62. The van der Waals surface area contributed by atoms with Crippen LogP contribution in [0.5, 0.6) is 5.75 Å². The van der Waals surface area contributed by atoms with Gasteiger partial charge in [-0.3, -0.25) is 0 Å². The summed E-state index contributed by atoms with van der Waals surface area (Å²) >= 11 is 1.97. The molecule has 0 aliphatic carbocycles. The predicted octanol–water partition coefficient (Wildman–Crippen LogP) is 3.81. The largest absolute Gasteiger partial charge is 0.490 e. The van der Waals surface area contributed by atoms with Crippen molar-refractivity contribution in [1.82, 2.24) is 4.98 Å². The molecule has 1 aromatic rings. The van der Waals surface area contributed by atoms with Crippen molar-refractivity contribution in [3.05, 3.63) is 18.3 Å². The summed E-state index contributed by atoms with van der Waals surface area (Å²) < 4.78 is 5.68. The van der Waals surface area contributed by atoms with Crippen LogP contribution < -0.4 is 10.1 Å². The fourth-order valence-corrected chi connectivity index (χ4v) is 2.35. The molecule has 1 unspecified atom stereocenters. The van der Waals surface area contributed by atoms with E-state index in [2.05, 4.69) is 31.1 Å². The molecular formula is C14H24N2OS.